The van der Waals surface area contributed by atoms with Crippen LogP contribution in [0.1, 0.15) is 57.5 Å². The molecule has 0 radical (unpaired) electrons. The first-order chi connectivity index (χ1) is 8.42. The lowest BCUT2D eigenvalue weighted by atomic mass is 9.98. The molecule has 0 N–H and O–H groups in total. The number of nitrogens with zero attached hydrogens (tertiary/aromatic N) is 1. The average Bonchev–Trinajstić information content (AvgIpc) is 2.64. The Balaban J connectivity index is 2.36. The smallest absolute Gasteiger partial charge is 0.418 e. The minimum atomic E-state index is -0.437. The van der Waals surface area contributed by atoms with Gasteiger partial charge in [-0.05, 0) is 64.5 Å². The van der Waals surface area contributed by atoms with Crippen LogP contribution in [0.25, 0.3) is 0 Å². The third kappa shape index (κ3) is 2.60. The van der Waals surface area contributed by atoms with Crippen molar-refractivity contribution in [1.29, 1.82) is 0 Å². The van der Waals surface area contributed by atoms with Crippen molar-refractivity contribution in [2.75, 3.05) is 0 Å². The Kier molecular flexibility index (Phi) is 3.51. The van der Waals surface area contributed by atoms with E-state index in [1.165, 1.54) is 24.1 Å². The van der Waals surface area contributed by atoms with E-state index >= 15 is 0 Å². The molecule has 2 rings (SSSR count). The van der Waals surface area contributed by atoms with Gasteiger partial charge in [-0.3, -0.25) is 4.57 Å². The molecule has 1 aliphatic carbocycles. The topological polar surface area (TPSA) is 31.2 Å². The number of hydrogen-bond acceptors (Lipinski definition) is 2. The first kappa shape index (κ1) is 13.2. The van der Waals surface area contributed by atoms with Crippen LogP contribution in [-0.2, 0) is 24.0 Å². The van der Waals surface area contributed by atoms with Crippen molar-refractivity contribution in [3.05, 3.63) is 23.0 Å². The quantitative estimate of drug-likeness (QED) is 0.759. The Morgan fingerprint density at radius 1 is 1.33 bits per heavy atom. The Hall–Kier alpha value is -1.25. The maximum atomic E-state index is 12.3. The van der Waals surface area contributed by atoms with E-state index < -0.39 is 5.60 Å². The maximum absolute atomic E-state index is 12.3. The van der Waals surface area contributed by atoms with E-state index in [9.17, 15) is 4.79 Å². The van der Waals surface area contributed by atoms with Crippen LogP contribution in [0.5, 0.6) is 0 Å². The molecule has 3 heteroatoms. The van der Waals surface area contributed by atoms with Gasteiger partial charge in [-0.15, -0.1) is 0 Å². The van der Waals surface area contributed by atoms with Crippen molar-refractivity contribution < 1.29 is 9.53 Å². The molecule has 0 amide bonds. The molecule has 0 aliphatic heterocycles. The molecule has 0 saturated carbocycles. The molecule has 0 bridgehead atoms. The molecule has 1 aliphatic rings. The summed E-state index contributed by atoms with van der Waals surface area (Å²) in [5, 5.41) is 0. The number of hydrogen-bond donors (Lipinski definition) is 0. The van der Waals surface area contributed by atoms with Gasteiger partial charge in [0, 0.05) is 11.4 Å². The van der Waals surface area contributed by atoms with Gasteiger partial charge in [0.05, 0.1) is 0 Å². The Labute approximate surface area is 109 Å². The number of fused-ring (bicyclic) bond motifs is 1. The van der Waals surface area contributed by atoms with E-state index in [-0.39, 0.29) is 6.09 Å². The molecule has 18 heavy (non-hydrogen) atoms. The van der Waals surface area contributed by atoms with Gasteiger partial charge in [0.15, 0.2) is 0 Å². The van der Waals surface area contributed by atoms with Crippen molar-refractivity contribution in [3.63, 3.8) is 0 Å². The van der Waals surface area contributed by atoms with E-state index in [0.29, 0.717) is 0 Å². The molecular formula is C15H23NO2. The van der Waals surface area contributed by atoms with Gasteiger partial charge in [-0.25, -0.2) is 4.79 Å². The van der Waals surface area contributed by atoms with Crippen molar-refractivity contribution in [1.82, 2.24) is 4.57 Å². The van der Waals surface area contributed by atoms with Crippen molar-refractivity contribution in [2.24, 2.45) is 0 Å². The SMILES string of the molecule is CCc1cc2c(n1C(=O)OC(C)(C)C)CCCC2. The zero-order chi connectivity index (χ0) is 13.3. The number of carbonyl (C=O) groups is 1. The molecule has 0 aromatic carbocycles. The summed E-state index contributed by atoms with van der Waals surface area (Å²) < 4.78 is 7.32. The lowest BCUT2D eigenvalue weighted by molar-refractivity contribution is 0.0528. The number of ether oxygens (including phenoxy) is 1. The number of aromatic nitrogens is 1. The molecule has 0 unspecified atom stereocenters. The summed E-state index contributed by atoms with van der Waals surface area (Å²) in [5.74, 6) is 0. The van der Waals surface area contributed by atoms with Crippen LogP contribution >= 0.6 is 0 Å². The highest BCUT2D eigenvalue weighted by molar-refractivity contribution is 5.74. The number of carbonyl (C=O) groups excluding carboxylic acids is 1. The number of aryl methyl sites for hydroxylation is 2. The van der Waals surface area contributed by atoms with E-state index in [0.717, 1.165) is 25.0 Å². The minimum Gasteiger partial charge on any atom is -0.443 e. The van der Waals surface area contributed by atoms with Crippen LogP contribution in [0.3, 0.4) is 0 Å². The van der Waals surface area contributed by atoms with E-state index in [1.807, 2.05) is 20.8 Å². The molecule has 3 nitrogen and oxygen atoms in total. The van der Waals surface area contributed by atoms with Gasteiger partial charge in [0.2, 0.25) is 0 Å². The van der Waals surface area contributed by atoms with Crippen molar-refractivity contribution >= 4 is 6.09 Å². The summed E-state index contributed by atoms with van der Waals surface area (Å²) in [6.07, 6.45) is 5.14. The lowest BCUT2D eigenvalue weighted by Gasteiger charge is -2.22. The van der Waals surface area contributed by atoms with Crippen molar-refractivity contribution in [3.8, 4) is 0 Å². The molecule has 0 spiro atoms. The van der Waals surface area contributed by atoms with Crippen molar-refractivity contribution in [2.45, 2.75) is 65.4 Å². The Bertz CT molecular complexity index is 452. The van der Waals surface area contributed by atoms with Gasteiger partial charge < -0.3 is 4.74 Å². The van der Waals surface area contributed by atoms with Gasteiger partial charge in [-0.1, -0.05) is 6.92 Å². The molecule has 1 heterocycles. The lowest BCUT2D eigenvalue weighted by Crippen LogP contribution is -2.29. The van der Waals surface area contributed by atoms with Gasteiger partial charge in [0.1, 0.15) is 5.60 Å². The highest BCUT2D eigenvalue weighted by atomic mass is 16.6. The summed E-state index contributed by atoms with van der Waals surface area (Å²) in [5.41, 5.74) is 3.15. The third-order valence-corrected chi connectivity index (χ3v) is 3.32. The summed E-state index contributed by atoms with van der Waals surface area (Å²) in [7, 11) is 0. The highest BCUT2D eigenvalue weighted by Gasteiger charge is 2.25. The van der Waals surface area contributed by atoms with Gasteiger partial charge in [-0.2, -0.15) is 0 Å². The zero-order valence-electron chi connectivity index (χ0n) is 11.9. The van der Waals surface area contributed by atoms with Crippen LogP contribution < -0.4 is 0 Å². The standard InChI is InChI=1S/C15H23NO2/c1-5-12-10-11-8-6-7-9-13(11)16(12)14(17)18-15(2,3)4/h10H,5-9H2,1-4H3. The van der Waals surface area contributed by atoms with Crippen LogP contribution in [0.4, 0.5) is 4.79 Å². The van der Waals surface area contributed by atoms with E-state index in [4.69, 9.17) is 4.74 Å². The first-order valence-electron chi connectivity index (χ1n) is 6.88. The van der Waals surface area contributed by atoms with Crippen LogP contribution in [-0.4, -0.2) is 16.3 Å². The molecule has 1 aromatic heterocycles. The molecule has 1 aromatic rings. The second-order valence-electron chi connectivity index (χ2n) is 5.98. The predicted octanol–water partition coefficient (Wildman–Crippen LogP) is 3.71. The van der Waals surface area contributed by atoms with Crippen LogP contribution in [0.15, 0.2) is 6.07 Å². The molecule has 0 saturated heterocycles. The third-order valence-electron chi connectivity index (χ3n) is 3.32. The maximum Gasteiger partial charge on any atom is 0.418 e. The average molecular weight is 249 g/mol. The van der Waals surface area contributed by atoms with Gasteiger partial charge >= 0.3 is 6.09 Å². The van der Waals surface area contributed by atoms with Crippen LogP contribution in [0.2, 0.25) is 0 Å². The monoisotopic (exact) mass is 249 g/mol. The minimum absolute atomic E-state index is 0.220. The summed E-state index contributed by atoms with van der Waals surface area (Å²) in [4.78, 5) is 12.3. The summed E-state index contributed by atoms with van der Waals surface area (Å²) >= 11 is 0. The largest absolute Gasteiger partial charge is 0.443 e. The molecule has 0 fully saturated rings. The molecular weight excluding hydrogens is 226 g/mol. The highest BCUT2D eigenvalue weighted by Crippen LogP contribution is 2.26. The summed E-state index contributed by atoms with van der Waals surface area (Å²) in [6.45, 7) is 7.81. The molecule has 0 atom stereocenters. The predicted molar refractivity (Wildman–Crippen MR) is 72.1 cm³/mol. The summed E-state index contributed by atoms with van der Waals surface area (Å²) in [6, 6.07) is 2.18. The normalized spacial score (nSPS) is 15.3. The second kappa shape index (κ2) is 4.79. The van der Waals surface area contributed by atoms with Gasteiger partial charge in [0.25, 0.3) is 0 Å². The van der Waals surface area contributed by atoms with E-state index in [1.54, 1.807) is 4.57 Å². The first-order valence-corrected chi connectivity index (χ1v) is 6.88. The zero-order valence-corrected chi connectivity index (χ0v) is 11.9. The molecule has 100 valence electrons. The second-order valence-corrected chi connectivity index (χ2v) is 5.98. The van der Waals surface area contributed by atoms with Crippen LogP contribution in [0, 0.1) is 0 Å². The fourth-order valence-electron chi connectivity index (χ4n) is 2.56. The fourth-order valence-corrected chi connectivity index (χ4v) is 2.56. The Morgan fingerprint density at radius 3 is 2.61 bits per heavy atom. The van der Waals surface area contributed by atoms with E-state index in [2.05, 4.69) is 13.0 Å². The Morgan fingerprint density at radius 2 is 2.00 bits per heavy atom. The number of rotatable bonds is 1. The fraction of sp³-hybridized carbons (Fsp3) is 0.667.